The second-order valence-electron chi connectivity index (χ2n) is 6.78. The monoisotopic (exact) mass is 338 g/mol. The summed E-state index contributed by atoms with van der Waals surface area (Å²) in [4.78, 5) is 9.08. The van der Waals surface area contributed by atoms with Gasteiger partial charge in [0.05, 0.1) is 23.6 Å². The first kappa shape index (κ1) is 14.8. The maximum atomic E-state index is 13.8. The molecule has 5 rings (SSSR count). The predicted octanol–water partition coefficient (Wildman–Crippen LogP) is 2.39. The van der Waals surface area contributed by atoms with Gasteiger partial charge in [0.25, 0.3) is 0 Å². The molecule has 3 aromatic heterocycles. The molecule has 3 aromatic rings. The van der Waals surface area contributed by atoms with Gasteiger partial charge in [-0.2, -0.15) is 5.10 Å². The first-order chi connectivity index (χ1) is 12.3. The van der Waals surface area contributed by atoms with E-state index in [-0.39, 0.29) is 6.04 Å². The van der Waals surface area contributed by atoms with Crippen LogP contribution in [0.15, 0.2) is 36.5 Å². The van der Waals surface area contributed by atoms with Gasteiger partial charge in [-0.3, -0.25) is 0 Å². The van der Waals surface area contributed by atoms with E-state index in [1.807, 2.05) is 28.8 Å². The van der Waals surface area contributed by atoms with Crippen molar-refractivity contribution >= 4 is 11.5 Å². The van der Waals surface area contributed by atoms with Gasteiger partial charge in [-0.25, -0.2) is 18.9 Å². The lowest BCUT2D eigenvalue weighted by Crippen LogP contribution is -2.29. The summed E-state index contributed by atoms with van der Waals surface area (Å²) in [6, 6.07) is 9.53. The highest BCUT2D eigenvalue weighted by atomic mass is 19.1. The van der Waals surface area contributed by atoms with Crippen molar-refractivity contribution in [2.45, 2.75) is 31.0 Å². The number of fused-ring (bicyclic) bond motifs is 1. The van der Waals surface area contributed by atoms with Crippen molar-refractivity contribution in [1.29, 1.82) is 0 Å². The molecule has 1 saturated carbocycles. The van der Waals surface area contributed by atoms with Crippen molar-refractivity contribution in [3.63, 3.8) is 0 Å². The van der Waals surface area contributed by atoms with Gasteiger partial charge in [-0.1, -0.05) is 6.07 Å². The topological polar surface area (TPSA) is 67.1 Å². The van der Waals surface area contributed by atoms with Crippen LogP contribution in [0.25, 0.3) is 17.0 Å². The van der Waals surface area contributed by atoms with E-state index >= 15 is 0 Å². The lowest BCUT2D eigenvalue weighted by atomic mass is 10.2. The van der Waals surface area contributed by atoms with Crippen molar-refractivity contribution in [1.82, 2.24) is 24.9 Å². The van der Waals surface area contributed by atoms with Crippen molar-refractivity contribution in [3.8, 4) is 11.4 Å². The molecule has 0 spiro atoms. The van der Waals surface area contributed by atoms with E-state index in [0.29, 0.717) is 24.8 Å². The zero-order valence-electron chi connectivity index (χ0n) is 13.7. The molecule has 1 saturated heterocycles. The number of nitrogens with one attached hydrogen (secondary N) is 2. The van der Waals surface area contributed by atoms with Crippen LogP contribution in [0, 0.1) is 0 Å². The average Bonchev–Trinajstić information content (AvgIpc) is 3.28. The Bertz CT molecular complexity index is 919. The van der Waals surface area contributed by atoms with Crippen LogP contribution in [-0.4, -0.2) is 44.9 Å². The average molecular weight is 338 g/mol. The summed E-state index contributed by atoms with van der Waals surface area (Å²) < 4.78 is 15.7. The fourth-order valence-corrected chi connectivity index (χ4v) is 3.29. The molecule has 0 amide bonds. The fourth-order valence-electron chi connectivity index (χ4n) is 3.29. The highest BCUT2D eigenvalue weighted by molar-refractivity contribution is 5.61. The summed E-state index contributed by atoms with van der Waals surface area (Å²) >= 11 is 0. The summed E-state index contributed by atoms with van der Waals surface area (Å²) in [5, 5.41) is 11.0. The Balaban J connectivity index is 1.49. The Morgan fingerprint density at radius 1 is 1.16 bits per heavy atom. The smallest absolute Gasteiger partial charge is 0.154 e. The third-order valence-electron chi connectivity index (χ3n) is 4.86. The second kappa shape index (κ2) is 5.77. The van der Waals surface area contributed by atoms with Gasteiger partial charge in [0.2, 0.25) is 0 Å². The summed E-state index contributed by atoms with van der Waals surface area (Å²) in [5.41, 5.74) is 3.54. The largest absolute Gasteiger partial charge is 0.363 e. The minimum absolute atomic E-state index is 0.246. The summed E-state index contributed by atoms with van der Waals surface area (Å²) in [5.74, 6) is 1.25. The zero-order chi connectivity index (χ0) is 16.8. The number of hydrogen-bond acceptors (Lipinski definition) is 5. The standard InChI is InChI=1S/C18H19FN6/c19-12-8-20-9-15(12)23-17-3-1-2-14(22-17)16-10-21-18-7-6-13(11-4-5-11)24-25(16)18/h1-3,6-7,10-12,15,20H,4-5,8-9H2,(H,22,23)/t12-,15-/m0/s1. The molecular formula is C18H19FN6. The van der Waals surface area contributed by atoms with Crippen LogP contribution in [-0.2, 0) is 0 Å². The third kappa shape index (κ3) is 2.74. The second-order valence-corrected chi connectivity index (χ2v) is 6.78. The molecule has 0 aromatic carbocycles. The number of alkyl halides is 1. The molecule has 25 heavy (non-hydrogen) atoms. The summed E-state index contributed by atoms with van der Waals surface area (Å²) in [7, 11) is 0. The number of aromatic nitrogens is 4. The number of imidazole rings is 1. The van der Waals surface area contributed by atoms with Gasteiger partial charge in [0.15, 0.2) is 5.65 Å². The number of halogens is 1. The van der Waals surface area contributed by atoms with E-state index < -0.39 is 6.17 Å². The van der Waals surface area contributed by atoms with Gasteiger partial charge in [0, 0.05) is 19.0 Å². The predicted molar refractivity (Wildman–Crippen MR) is 93.4 cm³/mol. The molecule has 128 valence electrons. The molecule has 6 nitrogen and oxygen atoms in total. The molecule has 2 aliphatic rings. The summed E-state index contributed by atoms with van der Waals surface area (Å²) in [6.07, 6.45) is 3.31. The van der Waals surface area contributed by atoms with E-state index in [4.69, 9.17) is 5.10 Å². The SMILES string of the molecule is F[C@H]1CNC[C@@H]1Nc1cccc(-c2cnc3ccc(C4CC4)nn23)n1. The molecule has 1 aliphatic heterocycles. The Labute approximate surface area is 144 Å². The molecule has 0 unspecified atom stereocenters. The van der Waals surface area contributed by atoms with E-state index in [0.717, 1.165) is 22.7 Å². The van der Waals surface area contributed by atoms with Gasteiger partial charge in [-0.05, 0) is 37.1 Å². The molecule has 1 aliphatic carbocycles. The quantitative estimate of drug-likeness (QED) is 0.765. The Morgan fingerprint density at radius 2 is 2.08 bits per heavy atom. The number of anilines is 1. The Morgan fingerprint density at radius 3 is 2.88 bits per heavy atom. The number of nitrogens with zero attached hydrogens (tertiary/aromatic N) is 4. The van der Waals surface area contributed by atoms with Crippen molar-refractivity contribution < 1.29 is 4.39 Å². The number of pyridine rings is 1. The summed E-state index contributed by atoms with van der Waals surface area (Å²) in [6.45, 7) is 0.994. The molecular weight excluding hydrogens is 319 g/mol. The highest BCUT2D eigenvalue weighted by Crippen LogP contribution is 2.39. The van der Waals surface area contributed by atoms with Crippen LogP contribution >= 0.6 is 0 Å². The van der Waals surface area contributed by atoms with Gasteiger partial charge in [0.1, 0.15) is 17.7 Å². The van der Waals surface area contributed by atoms with Crippen LogP contribution in [0.5, 0.6) is 0 Å². The fraction of sp³-hybridized carbons (Fsp3) is 0.389. The van der Waals surface area contributed by atoms with E-state index in [2.05, 4.69) is 26.7 Å². The van der Waals surface area contributed by atoms with Crippen LogP contribution < -0.4 is 10.6 Å². The lowest BCUT2D eigenvalue weighted by molar-refractivity contribution is 0.342. The molecule has 7 heteroatoms. The maximum Gasteiger partial charge on any atom is 0.154 e. The van der Waals surface area contributed by atoms with E-state index in [9.17, 15) is 4.39 Å². The van der Waals surface area contributed by atoms with Gasteiger partial charge < -0.3 is 10.6 Å². The van der Waals surface area contributed by atoms with Gasteiger partial charge >= 0.3 is 0 Å². The first-order valence-corrected chi connectivity index (χ1v) is 8.71. The van der Waals surface area contributed by atoms with Crippen LogP contribution in [0.4, 0.5) is 10.2 Å². The minimum atomic E-state index is -0.899. The molecule has 0 bridgehead atoms. The normalized spacial score (nSPS) is 23.2. The molecule has 2 fully saturated rings. The van der Waals surface area contributed by atoms with E-state index in [1.54, 1.807) is 6.20 Å². The number of hydrogen-bond donors (Lipinski definition) is 2. The Hall–Kier alpha value is -2.54. The lowest BCUT2D eigenvalue weighted by Gasteiger charge is -2.15. The maximum absolute atomic E-state index is 13.8. The van der Waals surface area contributed by atoms with E-state index in [1.165, 1.54) is 12.8 Å². The van der Waals surface area contributed by atoms with Crippen molar-refractivity contribution in [3.05, 3.63) is 42.2 Å². The minimum Gasteiger partial charge on any atom is -0.363 e. The highest BCUT2D eigenvalue weighted by Gasteiger charge is 2.27. The first-order valence-electron chi connectivity index (χ1n) is 8.71. The molecule has 2 atom stereocenters. The van der Waals surface area contributed by atoms with Crippen LogP contribution in [0.2, 0.25) is 0 Å². The van der Waals surface area contributed by atoms with Crippen LogP contribution in [0.1, 0.15) is 24.5 Å². The Kier molecular flexibility index (Phi) is 3.41. The van der Waals surface area contributed by atoms with Gasteiger partial charge in [-0.15, -0.1) is 0 Å². The third-order valence-corrected chi connectivity index (χ3v) is 4.86. The zero-order valence-corrected chi connectivity index (χ0v) is 13.7. The number of rotatable bonds is 4. The van der Waals surface area contributed by atoms with Crippen molar-refractivity contribution in [2.75, 3.05) is 18.4 Å². The molecule has 0 radical (unpaired) electrons. The van der Waals surface area contributed by atoms with Crippen LogP contribution in [0.3, 0.4) is 0 Å². The molecule has 2 N–H and O–H groups in total. The van der Waals surface area contributed by atoms with Crippen molar-refractivity contribution in [2.24, 2.45) is 0 Å². The molecule has 4 heterocycles.